The number of rotatable bonds is 11. The van der Waals surface area contributed by atoms with Crippen LogP contribution in [0, 0.1) is 0 Å². The topological polar surface area (TPSA) is 153 Å². The number of pyridine rings is 1. The number of nitrogens with zero attached hydrogens (tertiary/aromatic N) is 3. The Labute approximate surface area is 221 Å². The van der Waals surface area contributed by atoms with Gasteiger partial charge in [-0.05, 0) is 37.7 Å². The maximum absolute atomic E-state index is 12.2. The molecule has 1 saturated heterocycles. The van der Waals surface area contributed by atoms with E-state index in [0.717, 1.165) is 37.6 Å². The smallest absolute Gasteiger partial charge is 0.289 e. The Morgan fingerprint density at radius 1 is 0.895 bits per heavy atom. The minimum absolute atomic E-state index is 0.121. The first kappa shape index (κ1) is 28.3. The number of hydrogen-bond donors (Lipinski definition) is 4. The summed E-state index contributed by atoms with van der Waals surface area (Å²) in [6.45, 7) is 4.44. The number of Topliss-reactive ketones (excluding diaryl/α,β-unsaturated/α-hetero) is 1. The highest BCUT2D eigenvalue weighted by Gasteiger charge is 2.20. The molecule has 1 aliphatic rings. The second kappa shape index (κ2) is 13.8. The number of likely N-dealkylation sites (N-methyl/N-ethyl adjacent to an activating group) is 1. The molecule has 4 amide bonds. The summed E-state index contributed by atoms with van der Waals surface area (Å²) in [5.41, 5.74) is 1.14. The van der Waals surface area contributed by atoms with E-state index < -0.39 is 42.0 Å². The summed E-state index contributed by atoms with van der Waals surface area (Å²) in [5, 5.41) is 9.74. The van der Waals surface area contributed by atoms with Crippen LogP contribution in [-0.4, -0.2) is 91.7 Å². The summed E-state index contributed by atoms with van der Waals surface area (Å²) >= 11 is 0. The zero-order chi connectivity index (χ0) is 27.5. The monoisotopic (exact) mass is 523 g/mol. The summed E-state index contributed by atoms with van der Waals surface area (Å²) < 4.78 is 0. The van der Waals surface area contributed by atoms with Crippen LogP contribution in [0.4, 0.5) is 5.82 Å². The Balaban J connectivity index is 1.33. The van der Waals surface area contributed by atoms with Gasteiger partial charge in [0.15, 0.2) is 0 Å². The van der Waals surface area contributed by atoms with Gasteiger partial charge in [0.25, 0.3) is 11.8 Å². The summed E-state index contributed by atoms with van der Waals surface area (Å²) in [6, 6.07) is 11.1. The van der Waals surface area contributed by atoms with E-state index in [1.807, 2.05) is 12.1 Å². The standard InChI is InChI=1S/C26H33N7O5/c1-18(31-23(35)17-30-25(37)20-6-4-3-5-7-20)24(36)29-16-21(34)26(38)28-15-19-8-9-22(27-14-19)33-12-10-32(2)11-13-33/h3-9,14,18H,10-13,15-17H2,1-2H3,(H,28,38)(H,29,36)(H,30,37)(H,31,35)/t18-/m0/s1. The quantitative estimate of drug-likeness (QED) is 0.276. The Bertz CT molecular complexity index is 1130. The largest absolute Gasteiger partial charge is 0.354 e. The number of carbonyl (C=O) groups excluding carboxylic acids is 5. The van der Waals surface area contributed by atoms with Gasteiger partial charge in [-0.15, -0.1) is 0 Å². The number of amides is 4. The van der Waals surface area contributed by atoms with Crippen LogP contribution < -0.4 is 26.2 Å². The van der Waals surface area contributed by atoms with E-state index in [4.69, 9.17) is 0 Å². The Morgan fingerprint density at radius 3 is 2.26 bits per heavy atom. The van der Waals surface area contributed by atoms with Crippen LogP contribution >= 0.6 is 0 Å². The third kappa shape index (κ3) is 8.66. The van der Waals surface area contributed by atoms with Gasteiger partial charge < -0.3 is 31.1 Å². The zero-order valence-electron chi connectivity index (χ0n) is 21.5. The van der Waals surface area contributed by atoms with Gasteiger partial charge in [0.1, 0.15) is 11.9 Å². The van der Waals surface area contributed by atoms with Crippen LogP contribution in [0.2, 0.25) is 0 Å². The number of piperazine rings is 1. The van der Waals surface area contributed by atoms with Crippen molar-refractivity contribution in [1.82, 2.24) is 31.2 Å². The molecule has 1 aromatic carbocycles. The molecule has 1 aliphatic heterocycles. The van der Waals surface area contributed by atoms with Crippen molar-refractivity contribution in [2.24, 2.45) is 0 Å². The van der Waals surface area contributed by atoms with Gasteiger partial charge in [-0.2, -0.15) is 0 Å². The number of carbonyl (C=O) groups is 5. The Hall–Kier alpha value is -4.32. The fourth-order valence-corrected chi connectivity index (χ4v) is 3.64. The molecule has 12 nitrogen and oxygen atoms in total. The van der Waals surface area contributed by atoms with Gasteiger partial charge in [-0.3, -0.25) is 24.0 Å². The van der Waals surface area contributed by atoms with Crippen molar-refractivity contribution in [3.05, 3.63) is 59.8 Å². The second-order valence-corrected chi connectivity index (χ2v) is 8.98. The van der Waals surface area contributed by atoms with Gasteiger partial charge in [0.05, 0.1) is 13.1 Å². The molecule has 1 fully saturated rings. The minimum atomic E-state index is -0.975. The molecule has 0 saturated carbocycles. The molecule has 2 heterocycles. The van der Waals surface area contributed by atoms with Crippen LogP contribution in [0.15, 0.2) is 48.7 Å². The highest BCUT2D eigenvalue weighted by atomic mass is 16.2. The highest BCUT2D eigenvalue weighted by Crippen LogP contribution is 2.13. The van der Waals surface area contributed by atoms with Gasteiger partial charge in [-0.25, -0.2) is 4.98 Å². The highest BCUT2D eigenvalue weighted by molar-refractivity contribution is 6.37. The predicted molar refractivity (Wildman–Crippen MR) is 140 cm³/mol. The summed E-state index contributed by atoms with van der Waals surface area (Å²) in [4.78, 5) is 69.4. The normalized spacial score (nSPS) is 14.2. The van der Waals surface area contributed by atoms with Crippen molar-refractivity contribution in [3.63, 3.8) is 0 Å². The predicted octanol–water partition coefficient (Wildman–Crippen LogP) is -0.930. The zero-order valence-corrected chi connectivity index (χ0v) is 21.5. The van der Waals surface area contributed by atoms with Crippen molar-refractivity contribution in [2.75, 3.05) is 51.2 Å². The third-order valence-electron chi connectivity index (χ3n) is 5.98. The lowest BCUT2D eigenvalue weighted by atomic mass is 10.2. The Kier molecular flexibility index (Phi) is 10.3. The number of nitrogens with one attached hydrogen (secondary N) is 4. The van der Waals surface area contributed by atoms with E-state index in [-0.39, 0.29) is 13.1 Å². The van der Waals surface area contributed by atoms with Gasteiger partial charge in [-0.1, -0.05) is 24.3 Å². The maximum Gasteiger partial charge on any atom is 0.289 e. The summed E-state index contributed by atoms with van der Waals surface area (Å²) in [5.74, 6) is -2.43. The van der Waals surface area contributed by atoms with E-state index in [1.165, 1.54) is 6.92 Å². The van der Waals surface area contributed by atoms with E-state index in [2.05, 4.69) is 43.1 Å². The van der Waals surface area contributed by atoms with Crippen LogP contribution in [-0.2, 0) is 25.7 Å². The second-order valence-electron chi connectivity index (χ2n) is 8.98. The first-order chi connectivity index (χ1) is 18.2. The molecular formula is C26H33N7O5. The van der Waals surface area contributed by atoms with E-state index in [9.17, 15) is 24.0 Å². The van der Waals surface area contributed by atoms with Gasteiger partial charge in [0, 0.05) is 44.5 Å². The fourth-order valence-electron chi connectivity index (χ4n) is 3.64. The molecule has 1 atom stereocenters. The third-order valence-corrected chi connectivity index (χ3v) is 5.98. The first-order valence-corrected chi connectivity index (χ1v) is 12.3. The van der Waals surface area contributed by atoms with E-state index >= 15 is 0 Å². The SMILES string of the molecule is C[C@H](NC(=O)CNC(=O)c1ccccc1)C(=O)NCC(=O)C(=O)NCc1ccc(N2CCN(C)CC2)nc1. The molecule has 38 heavy (non-hydrogen) atoms. The Morgan fingerprint density at radius 2 is 1.61 bits per heavy atom. The fraction of sp³-hybridized carbons (Fsp3) is 0.385. The molecule has 2 aromatic rings. The van der Waals surface area contributed by atoms with Crippen molar-refractivity contribution < 1.29 is 24.0 Å². The molecule has 0 spiro atoms. The molecular weight excluding hydrogens is 490 g/mol. The van der Waals surface area contributed by atoms with Crippen LogP contribution in [0.3, 0.4) is 0 Å². The number of benzene rings is 1. The molecule has 12 heteroatoms. The first-order valence-electron chi connectivity index (χ1n) is 12.3. The van der Waals surface area contributed by atoms with Gasteiger partial charge >= 0.3 is 0 Å². The lowest BCUT2D eigenvalue weighted by Crippen LogP contribution is -2.49. The van der Waals surface area contributed by atoms with Crippen LogP contribution in [0.5, 0.6) is 0 Å². The number of anilines is 1. The molecule has 202 valence electrons. The van der Waals surface area contributed by atoms with Crippen LogP contribution in [0.25, 0.3) is 0 Å². The van der Waals surface area contributed by atoms with Gasteiger partial charge in [0.2, 0.25) is 17.6 Å². The van der Waals surface area contributed by atoms with Crippen molar-refractivity contribution >= 4 is 35.2 Å². The average molecular weight is 524 g/mol. The maximum atomic E-state index is 12.2. The van der Waals surface area contributed by atoms with Crippen molar-refractivity contribution in [1.29, 1.82) is 0 Å². The lowest BCUT2D eigenvalue weighted by molar-refractivity contribution is -0.138. The summed E-state index contributed by atoms with van der Waals surface area (Å²) in [7, 11) is 2.08. The molecule has 0 bridgehead atoms. The molecule has 0 aliphatic carbocycles. The number of ketones is 1. The summed E-state index contributed by atoms with van der Waals surface area (Å²) in [6.07, 6.45) is 1.66. The van der Waals surface area contributed by atoms with E-state index in [0.29, 0.717) is 5.56 Å². The van der Waals surface area contributed by atoms with Crippen molar-refractivity contribution in [3.8, 4) is 0 Å². The molecule has 4 N–H and O–H groups in total. The molecule has 3 rings (SSSR count). The number of hydrogen-bond acceptors (Lipinski definition) is 8. The average Bonchev–Trinajstić information content (AvgIpc) is 2.94. The minimum Gasteiger partial charge on any atom is -0.354 e. The molecule has 0 radical (unpaired) electrons. The molecule has 1 aromatic heterocycles. The van der Waals surface area contributed by atoms with Crippen LogP contribution in [0.1, 0.15) is 22.8 Å². The lowest BCUT2D eigenvalue weighted by Gasteiger charge is -2.33. The molecule has 0 unspecified atom stereocenters. The van der Waals surface area contributed by atoms with Crippen molar-refractivity contribution in [2.45, 2.75) is 19.5 Å². The number of aromatic nitrogens is 1. The van der Waals surface area contributed by atoms with E-state index in [1.54, 1.807) is 36.5 Å².